The average molecular weight is 196 g/mol. The minimum absolute atomic E-state index is 0. The zero-order chi connectivity index (χ0) is 9.40. The van der Waals surface area contributed by atoms with Crippen LogP contribution in [0.2, 0.25) is 0 Å². The topological polar surface area (TPSA) is 0 Å². The van der Waals surface area contributed by atoms with Crippen molar-refractivity contribution < 1.29 is 0 Å². The van der Waals surface area contributed by atoms with Crippen LogP contribution in [0, 0.1) is 5.92 Å². The molecule has 0 N–H and O–H groups in total. The van der Waals surface area contributed by atoms with Gasteiger partial charge < -0.3 is 0 Å². The molecular formula is C14H28. The second-order valence-electron chi connectivity index (χ2n) is 3.08. The van der Waals surface area contributed by atoms with Crippen molar-refractivity contribution in [3.63, 3.8) is 0 Å². The summed E-state index contributed by atoms with van der Waals surface area (Å²) >= 11 is 0. The molecule has 0 atom stereocenters. The summed E-state index contributed by atoms with van der Waals surface area (Å²) in [4.78, 5) is 0. The molecule has 0 bridgehead atoms. The van der Waals surface area contributed by atoms with Crippen LogP contribution in [0.1, 0.15) is 48.1 Å². The third-order valence-corrected chi connectivity index (χ3v) is 1.49. The van der Waals surface area contributed by atoms with Gasteiger partial charge >= 0.3 is 0 Å². The largest absolute Gasteiger partial charge is 0.0776 e. The van der Waals surface area contributed by atoms with Crippen LogP contribution in [-0.4, -0.2) is 0 Å². The van der Waals surface area contributed by atoms with Crippen molar-refractivity contribution >= 4 is 0 Å². The molecule has 0 unspecified atom stereocenters. The van der Waals surface area contributed by atoms with E-state index in [0.717, 1.165) is 5.92 Å². The molecule has 0 heterocycles. The summed E-state index contributed by atoms with van der Waals surface area (Å²) < 4.78 is 0. The maximum atomic E-state index is 2.24. The minimum Gasteiger partial charge on any atom is -0.0776 e. The van der Waals surface area contributed by atoms with E-state index in [4.69, 9.17) is 0 Å². The summed E-state index contributed by atoms with van der Waals surface area (Å²) in [7, 11) is 0. The van der Waals surface area contributed by atoms with Gasteiger partial charge in [-0.1, -0.05) is 72.9 Å². The Bertz CT molecular complexity index is 174. The van der Waals surface area contributed by atoms with Crippen molar-refractivity contribution in [2.45, 2.75) is 49.0 Å². The van der Waals surface area contributed by atoms with Crippen LogP contribution in [0.4, 0.5) is 0 Å². The third-order valence-electron chi connectivity index (χ3n) is 1.49. The van der Waals surface area contributed by atoms with E-state index >= 15 is 0 Å². The number of hydrogen-bond donors (Lipinski definition) is 0. The van der Waals surface area contributed by atoms with Crippen molar-refractivity contribution in [2.75, 3.05) is 0 Å². The molecule has 0 aliphatic carbocycles. The fourth-order valence-electron chi connectivity index (χ4n) is 1.09. The lowest BCUT2D eigenvalue weighted by molar-refractivity contribution is 0.647. The molecule has 0 aromatic heterocycles. The highest BCUT2D eigenvalue weighted by Gasteiger charge is 1.94. The first-order valence-corrected chi connectivity index (χ1v) is 4.83. The van der Waals surface area contributed by atoms with Crippen LogP contribution >= 0.6 is 0 Å². The monoisotopic (exact) mass is 196 g/mol. The summed E-state index contributed by atoms with van der Waals surface area (Å²) in [6.07, 6.45) is 1.20. The van der Waals surface area contributed by atoms with E-state index in [1.165, 1.54) is 12.0 Å². The van der Waals surface area contributed by atoms with Gasteiger partial charge in [0.15, 0.2) is 0 Å². The zero-order valence-corrected chi connectivity index (χ0v) is 8.67. The molecule has 0 aliphatic rings. The first kappa shape index (κ1) is 18.9. The molecule has 84 valence electrons. The molecule has 0 saturated carbocycles. The molecule has 1 aromatic rings. The van der Waals surface area contributed by atoms with Crippen LogP contribution in [0.5, 0.6) is 0 Å². The first-order valence-electron chi connectivity index (χ1n) is 4.83. The molecule has 0 fully saturated rings. The average Bonchev–Trinajstić information content (AvgIpc) is 2.08. The lowest BCUT2D eigenvalue weighted by atomic mass is 10.0. The Balaban J connectivity index is -0.000000284. The minimum atomic E-state index is 0. The van der Waals surface area contributed by atoms with Gasteiger partial charge in [0, 0.05) is 0 Å². The fraction of sp³-hybridized carbons (Fsp3) is 0.571. The second-order valence-corrected chi connectivity index (χ2v) is 3.08. The Morgan fingerprint density at radius 3 is 1.71 bits per heavy atom. The second kappa shape index (κ2) is 12.2. The van der Waals surface area contributed by atoms with Crippen LogP contribution in [-0.2, 0) is 6.42 Å². The van der Waals surface area contributed by atoms with Crippen molar-refractivity contribution in [3.05, 3.63) is 35.9 Å². The van der Waals surface area contributed by atoms with Crippen LogP contribution in [0.15, 0.2) is 30.3 Å². The lowest BCUT2D eigenvalue weighted by Crippen LogP contribution is -1.92. The van der Waals surface area contributed by atoms with Crippen molar-refractivity contribution in [1.29, 1.82) is 0 Å². The Morgan fingerprint density at radius 1 is 0.929 bits per heavy atom. The maximum absolute atomic E-state index is 2.24. The van der Waals surface area contributed by atoms with Gasteiger partial charge in [-0.05, 0) is 17.9 Å². The van der Waals surface area contributed by atoms with E-state index in [-0.39, 0.29) is 14.9 Å². The quantitative estimate of drug-likeness (QED) is 0.611. The highest BCUT2D eigenvalue weighted by Crippen LogP contribution is 2.05. The predicted octanol–water partition coefficient (Wildman–Crippen LogP) is 5.18. The van der Waals surface area contributed by atoms with Crippen molar-refractivity contribution in [1.82, 2.24) is 0 Å². The van der Waals surface area contributed by atoms with Gasteiger partial charge in [-0.2, -0.15) is 0 Å². The molecule has 14 heavy (non-hydrogen) atoms. The SMILES string of the molecule is C.C.CC.CC(C)Cc1ccccc1. The smallest absolute Gasteiger partial charge is 0.0256 e. The van der Waals surface area contributed by atoms with Gasteiger partial charge in [-0.3, -0.25) is 0 Å². The van der Waals surface area contributed by atoms with E-state index in [0.29, 0.717) is 0 Å². The Morgan fingerprint density at radius 2 is 1.36 bits per heavy atom. The van der Waals surface area contributed by atoms with Gasteiger partial charge in [-0.25, -0.2) is 0 Å². The molecule has 0 nitrogen and oxygen atoms in total. The Hall–Kier alpha value is -0.780. The Labute approximate surface area is 91.4 Å². The molecule has 0 heteroatoms. The molecule has 0 amide bonds. The zero-order valence-electron chi connectivity index (χ0n) is 8.67. The van der Waals surface area contributed by atoms with Crippen LogP contribution in [0.3, 0.4) is 0 Å². The van der Waals surface area contributed by atoms with Gasteiger partial charge in [0.05, 0.1) is 0 Å². The summed E-state index contributed by atoms with van der Waals surface area (Å²) in [5, 5.41) is 0. The van der Waals surface area contributed by atoms with E-state index in [1.54, 1.807) is 0 Å². The molecule has 0 saturated heterocycles. The van der Waals surface area contributed by atoms with Crippen molar-refractivity contribution in [2.24, 2.45) is 5.92 Å². The highest BCUT2D eigenvalue weighted by atomic mass is 14.0. The van der Waals surface area contributed by atoms with E-state index in [1.807, 2.05) is 13.8 Å². The molecule has 1 rings (SSSR count). The summed E-state index contributed by atoms with van der Waals surface area (Å²) in [6.45, 7) is 8.49. The molecule has 1 aromatic carbocycles. The fourth-order valence-corrected chi connectivity index (χ4v) is 1.09. The van der Waals surface area contributed by atoms with Gasteiger partial charge in [0.2, 0.25) is 0 Å². The number of benzene rings is 1. The van der Waals surface area contributed by atoms with Crippen LogP contribution in [0.25, 0.3) is 0 Å². The maximum Gasteiger partial charge on any atom is -0.0256 e. The van der Waals surface area contributed by atoms with E-state index in [2.05, 4.69) is 44.2 Å². The lowest BCUT2D eigenvalue weighted by Gasteiger charge is -2.02. The van der Waals surface area contributed by atoms with Crippen molar-refractivity contribution in [3.8, 4) is 0 Å². The molecule has 0 radical (unpaired) electrons. The number of rotatable bonds is 2. The number of hydrogen-bond acceptors (Lipinski definition) is 0. The van der Waals surface area contributed by atoms with Crippen LogP contribution < -0.4 is 0 Å². The van der Waals surface area contributed by atoms with Gasteiger partial charge in [-0.15, -0.1) is 0 Å². The molecule has 0 aliphatic heterocycles. The summed E-state index contributed by atoms with van der Waals surface area (Å²) in [5.74, 6) is 0.766. The van der Waals surface area contributed by atoms with E-state index in [9.17, 15) is 0 Å². The summed E-state index contributed by atoms with van der Waals surface area (Å²) in [6, 6.07) is 10.6. The van der Waals surface area contributed by atoms with E-state index < -0.39 is 0 Å². The molecule has 0 spiro atoms. The normalized spacial score (nSPS) is 7.79. The third kappa shape index (κ3) is 9.31. The Kier molecular flexibility index (Phi) is 16.5. The standard InChI is InChI=1S/C10H14.C2H6.2CH4/c1-9(2)8-10-6-4-3-5-7-10;1-2;;/h3-7,9H,8H2,1-2H3;1-2H3;2*1H4. The van der Waals surface area contributed by atoms with Gasteiger partial charge in [0.25, 0.3) is 0 Å². The molecular weight excluding hydrogens is 168 g/mol. The highest BCUT2D eigenvalue weighted by molar-refractivity contribution is 5.14. The predicted molar refractivity (Wildman–Crippen MR) is 69.8 cm³/mol. The van der Waals surface area contributed by atoms with Gasteiger partial charge in [0.1, 0.15) is 0 Å². The summed E-state index contributed by atoms with van der Waals surface area (Å²) in [5.41, 5.74) is 1.44. The first-order chi connectivity index (χ1) is 5.79.